The molecule has 10 rings (SSSR count). The molecule has 390 valence electrons. The number of aryl methyl sites for hydroxylation is 2. The van der Waals surface area contributed by atoms with E-state index in [1.54, 1.807) is 54.7 Å². The van der Waals surface area contributed by atoms with Crippen molar-refractivity contribution in [2.24, 2.45) is 16.1 Å². The molecule has 0 amide bonds. The van der Waals surface area contributed by atoms with Gasteiger partial charge in [0, 0.05) is 30.8 Å². The molecule has 2 fully saturated rings. The van der Waals surface area contributed by atoms with Gasteiger partial charge in [0.05, 0.1) is 88.8 Å². The van der Waals surface area contributed by atoms with Crippen molar-refractivity contribution in [3.8, 4) is 17.2 Å². The highest BCUT2D eigenvalue weighted by Gasteiger charge is 2.43. The third kappa shape index (κ3) is 13.3. The number of hydrogen-bond acceptors (Lipinski definition) is 17. The highest BCUT2D eigenvalue weighted by atomic mass is 32.1. The topological polar surface area (TPSA) is 179 Å². The zero-order chi connectivity index (χ0) is 52.2. The van der Waals surface area contributed by atoms with E-state index in [0.29, 0.717) is 82.6 Å². The Balaban J connectivity index is 0.848. The summed E-state index contributed by atoms with van der Waals surface area (Å²) in [6.07, 6.45) is 12.1. The monoisotopic (exact) mass is 1060 g/mol. The Morgan fingerprint density at radius 2 is 1.55 bits per heavy atom. The van der Waals surface area contributed by atoms with Crippen LogP contribution in [0.4, 0.5) is 10.3 Å². The van der Waals surface area contributed by atoms with Gasteiger partial charge in [-0.15, -0.1) is 0 Å². The molecule has 6 aromatic carbocycles. The lowest BCUT2D eigenvalue weighted by molar-refractivity contribution is 0.0730. The van der Waals surface area contributed by atoms with Crippen LogP contribution in [0.5, 0.6) is 17.2 Å². The average molecular weight is 1060 g/mol. The number of hydrazone groups is 2. The second-order valence-electron chi connectivity index (χ2n) is 18.7. The van der Waals surface area contributed by atoms with Crippen molar-refractivity contribution < 1.29 is 43.1 Å². The van der Waals surface area contributed by atoms with Gasteiger partial charge in [-0.1, -0.05) is 65.7 Å². The van der Waals surface area contributed by atoms with E-state index in [-0.39, 0.29) is 24.5 Å². The number of esters is 2. The fraction of sp³-hybridized carbons (Fsp3) is 0.288. The number of epoxide rings is 1. The number of fused-ring (bicyclic) bond motifs is 4. The van der Waals surface area contributed by atoms with Crippen LogP contribution in [0, 0.1) is 12.8 Å². The summed E-state index contributed by atoms with van der Waals surface area (Å²) < 4.78 is 37.2. The fourth-order valence-electron chi connectivity index (χ4n) is 9.15. The normalized spacial score (nSPS) is 16.1. The van der Waals surface area contributed by atoms with Crippen molar-refractivity contribution in [3.05, 3.63) is 161 Å². The zero-order valence-corrected chi connectivity index (χ0v) is 43.7. The Bertz CT molecular complexity index is 3350. The van der Waals surface area contributed by atoms with Crippen molar-refractivity contribution in [2.75, 3.05) is 50.0 Å². The highest BCUT2D eigenvalue weighted by Crippen LogP contribution is 2.39. The maximum atomic E-state index is 14.3. The first-order valence-corrected chi connectivity index (χ1v) is 27.2. The molecular formula is C59H58N6O9S2. The number of nitrogens with one attached hydrogen (secondary N) is 1. The average Bonchev–Trinajstić information content (AvgIpc) is 3.88. The predicted octanol–water partition coefficient (Wildman–Crippen LogP) is 11.9. The Labute approximate surface area is 448 Å². The van der Waals surface area contributed by atoms with Crippen LogP contribution in [0.15, 0.2) is 138 Å². The number of nitrogens with zero attached hydrogens (tertiary/aromatic N) is 5. The number of thiazole rings is 2. The van der Waals surface area contributed by atoms with Gasteiger partial charge in [0.15, 0.2) is 0 Å². The number of rotatable bonds is 25. The van der Waals surface area contributed by atoms with Crippen LogP contribution < -0.4 is 24.6 Å². The summed E-state index contributed by atoms with van der Waals surface area (Å²) in [5.41, 5.74) is 7.77. The van der Waals surface area contributed by atoms with E-state index in [0.717, 1.165) is 81.2 Å². The SMILES string of the molecule is C=COCCCCc1cc(/C=N/Nc2nc3ccccc3s2)c(OC(=O)c2ccc(OC(=O)c3ccc4cc(OCCCOCC5CCC6OC6C5)ccc4c3)c(C)c2)c(/C=N/N(CCO)c2nc3ccccc3s2)c1. The van der Waals surface area contributed by atoms with Crippen molar-refractivity contribution in [1.82, 2.24) is 9.97 Å². The van der Waals surface area contributed by atoms with E-state index in [9.17, 15) is 14.7 Å². The number of unbranched alkanes of at least 4 members (excludes halogenated alkanes) is 1. The number of carbonyl (C=O) groups excluding carboxylic acids is 2. The molecule has 3 atom stereocenters. The van der Waals surface area contributed by atoms with Gasteiger partial charge in [0.2, 0.25) is 10.3 Å². The molecule has 8 aromatic rings. The smallest absolute Gasteiger partial charge is 0.343 e. The molecule has 1 saturated carbocycles. The summed E-state index contributed by atoms with van der Waals surface area (Å²) in [5, 5.41) is 24.1. The summed E-state index contributed by atoms with van der Waals surface area (Å²) in [6.45, 7) is 7.89. The van der Waals surface area contributed by atoms with Crippen LogP contribution >= 0.6 is 22.7 Å². The van der Waals surface area contributed by atoms with Crippen molar-refractivity contribution >= 4 is 88.5 Å². The second kappa shape index (κ2) is 24.9. The summed E-state index contributed by atoms with van der Waals surface area (Å²) in [7, 11) is 0. The molecular weight excluding hydrogens is 1000 g/mol. The minimum absolute atomic E-state index is 0.164. The van der Waals surface area contributed by atoms with Crippen LogP contribution in [-0.2, 0) is 20.6 Å². The number of carbonyl (C=O) groups is 2. The number of aliphatic hydroxyl groups is 1. The van der Waals surface area contributed by atoms with Crippen molar-refractivity contribution in [2.45, 2.75) is 64.1 Å². The summed E-state index contributed by atoms with van der Waals surface area (Å²) in [6, 6.07) is 35.4. The molecule has 17 heteroatoms. The maximum absolute atomic E-state index is 14.3. The summed E-state index contributed by atoms with van der Waals surface area (Å²) in [5.74, 6) is 0.621. The standard InChI is InChI=1S/C59H58N6O9S2/c1-3-69-26-9-8-11-39-30-45(35-60-64-58-62-48-12-4-6-14-53(48)75-58)55(46(31-39)36-61-65(24-25-66)59-63-49-13-5-7-15-54(49)76-59)74-57(68)43-20-23-50(38(2)29-43)73-56(67)44-18-17-42-34-47(21-19-41(42)33-44)71-28-10-27-70-37-40-16-22-51-52(32-40)72-51/h3-7,12-15,17-21,23,29-31,33-36,40,51-52,66H,1,8-11,16,22,24-28,32,37H2,2H3,(H,62,64)/b60-35+,61-36+. The van der Waals surface area contributed by atoms with E-state index < -0.39 is 11.9 Å². The van der Waals surface area contributed by atoms with Gasteiger partial charge in [-0.3, -0.25) is 5.43 Å². The van der Waals surface area contributed by atoms with Crippen molar-refractivity contribution in [1.29, 1.82) is 0 Å². The fourth-order valence-corrected chi connectivity index (χ4v) is 10.9. The van der Waals surface area contributed by atoms with Crippen LogP contribution in [0.1, 0.15) is 81.5 Å². The van der Waals surface area contributed by atoms with E-state index in [1.165, 1.54) is 35.4 Å². The molecule has 2 N–H and O–H groups in total. The molecule has 2 aromatic heterocycles. The van der Waals surface area contributed by atoms with E-state index in [4.69, 9.17) is 38.5 Å². The largest absolute Gasteiger partial charge is 0.502 e. The number of ether oxygens (including phenoxy) is 6. The van der Waals surface area contributed by atoms with Gasteiger partial charge in [0.25, 0.3) is 0 Å². The van der Waals surface area contributed by atoms with Crippen LogP contribution in [0.3, 0.4) is 0 Å². The van der Waals surface area contributed by atoms with Gasteiger partial charge < -0.3 is 33.5 Å². The first-order chi connectivity index (χ1) is 37.3. The molecule has 0 radical (unpaired) electrons. The lowest BCUT2D eigenvalue weighted by atomic mass is 9.90. The summed E-state index contributed by atoms with van der Waals surface area (Å²) >= 11 is 2.91. The number of anilines is 2. The van der Waals surface area contributed by atoms with Crippen LogP contribution in [0.25, 0.3) is 31.2 Å². The summed E-state index contributed by atoms with van der Waals surface area (Å²) in [4.78, 5) is 37.3. The molecule has 15 nitrogen and oxygen atoms in total. The Hall–Kier alpha value is -7.54. The van der Waals surface area contributed by atoms with Gasteiger partial charge in [-0.2, -0.15) is 10.2 Å². The Morgan fingerprint density at radius 1 is 0.803 bits per heavy atom. The molecule has 2 aliphatic rings. The molecule has 1 aliphatic heterocycles. The van der Waals surface area contributed by atoms with Gasteiger partial charge in [-0.05, 0) is 152 Å². The molecule has 0 spiro atoms. The highest BCUT2D eigenvalue weighted by molar-refractivity contribution is 7.22. The number of benzene rings is 6. The molecule has 1 aliphatic carbocycles. The van der Waals surface area contributed by atoms with Gasteiger partial charge in [-0.25, -0.2) is 24.6 Å². The number of aromatic nitrogens is 2. The lowest BCUT2D eigenvalue weighted by Crippen LogP contribution is -2.21. The van der Waals surface area contributed by atoms with E-state index in [1.807, 2.05) is 84.9 Å². The van der Waals surface area contributed by atoms with E-state index in [2.05, 4.69) is 22.1 Å². The number of hydrogen-bond donors (Lipinski definition) is 2. The Morgan fingerprint density at radius 3 is 2.34 bits per heavy atom. The first-order valence-electron chi connectivity index (χ1n) is 25.5. The number of para-hydroxylation sites is 2. The molecule has 0 bridgehead atoms. The predicted molar refractivity (Wildman–Crippen MR) is 300 cm³/mol. The second-order valence-corrected chi connectivity index (χ2v) is 20.7. The first kappa shape index (κ1) is 51.9. The lowest BCUT2D eigenvalue weighted by Gasteiger charge is -2.18. The van der Waals surface area contributed by atoms with Crippen LogP contribution in [-0.4, -0.2) is 91.2 Å². The molecule has 3 heterocycles. The minimum Gasteiger partial charge on any atom is -0.502 e. The zero-order valence-electron chi connectivity index (χ0n) is 42.1. The maximum Gasteiger partial charge on any atom is 0.343 e. The van der Waals surface area contributed by atoms with Gasteiger partial charge in [0.1, 0.15) is 17.2 Å². The third-order valence-corrected chi connectivity index (χ3v) is 15.1. The molecule has 1 saturated heterocycles. The molecule has 3 unspecified atom stereocenters. The third-order valence-electron chi connectivity index (χ3n) is 13.1. The van der Waals surface area contributed by atoms with Crippen LogP contribution in [0.2, 0.25) is 0 Å². The minimum atomic E-state index is -0.662. The molecule has 76 heavy (non-hydrogen) atoms. The number of aliphatic hydroxyl groups excluding tert-OH is 1. The van der Waals surface area contributed by atoms with E-state index >= 15 is 0 Å². The van der Waals surface area contributed by atoms with Gasteiger partial charge >= 0.3 is 11.9 Å². The Kier molecular flexibility index (Phi) is 17.0. The van der Waals surface area contributed by atoms with Crippen molar-refractivity contribution in [3.63, 3.8) is 0 Å². The quantitative estimate of drug-likeness (QED) is 0.0105.